The third kappa shape index (κ3) is 3.99. The van der Waals surface area contributed by atoms with Crippen LogP contribution in [0.5, 0.6) is 5.75 Å². The fourth-order valence-corrected chi connectivity index (χ4v) is 1.83. The molecule has 0 amide bonds. The maximum absolute atomic E-state index is 11.6. The van der Waals surface area contributed by atoms with Gasteiger partial charge >= 0.3 is 5.97 Å². The first-order chi connectivity index (χ1) is 10.2. The van der Waals surface area contributed by atoms with E-state index in [2.05, 4.69) is 4.99 Å². The molecular formula is C16H17ClN2O3. The first kappa shape index (κ1) is 17.5. The van der Waals surface area contributed by atoms with E-state index in [1.807, 2.05) is 30.3 Å². The highest BCUT2D eigenvalue weighted by molar-refractivity contribution is 6.00. The van der Waals surface area contributed by atoms with Crippen molar-refractivity contribution in [2.24, 2.45) is 10.7 Å². The number of hydrogen-bond acceptors (Lipinski definition) is 4. The zero-order valence-corrected chi connectivity index (χ0v) is 13.1. The van der Waals surface area contributed by atoms with Crippen molar-refractivity contribution in [2.75, 3.05) is 14.2 Å². The molecule has 0 aliphatic carbocycles. The van der Waals surface area contributed by atoms with Gasteiger partial charge in [0.15, 0.2) is 0 Å². The van der Waals surface area contributed by atoms with Crippen LogP contribution >= 0.6 is 12.4 Å². The zero-order valence-electron chi connectivity index (χ0n) is 12.3. The molecule has 6 heteroatoms. The van der Waals surface area contributed by atoms with Gasteiger partial charge in [-0.15, -0.1) is 12.4 Å². The summed E-state index contributed by atoms with van der Waals surface area (Å²) >= 11 is 0. The summed E-state index contributed by atoms with van der Waals surface area (Å²) in [5.74, 6) is 0.435. The Labute approximate surface area is 135 Å². The summed E-state index contributed by atoms with van der Waals surface area (Å²) in [5.41, 5.74) is 7.64. The van der Waals surface area contributed by atoms with Crippen LogP contribution in [-0.4, -0.2) is 26.0 Å². The van der Waals surface area contributed by atoms with Crippen molar-refractivity contribution < 1.29 is 14.3 Å². The minimum atomic E-state index is -0.438. The van der Waals surface area contributed by atoms with E-state index in [1.165, 1.54) is 14.2 Å². The minimum Gasteiger partial charge on any atom is -0.494 e. The lowest BCUT2D eigenvalue weighted by molar-refractivity contribution is 0.0600. The lowest BCUT2D eigenvalue weighted by Crippen LogP contribution is -2.12. The maximum Gasteiger partial charge on any atom is 0.337 e. The summed E-state index contributed by atoms with van der Waals surface area (Å²) in [4.78, 5) is 15.9. The number of esters is 1. The molecule has 0 aliphatic rings. The van der Waals surface area contributed by atoms with Gasteiger partial charge in [0.1, 0.15) is 17.3 Å². The molecule has 5 nitrogen and oxygen atoms in total. The molecule has 0 heterocycles. The van der Waals surface area contributed by atoms with Crippen molar-refractivity contribution in [1.82, 2.24) is 0 Å². The molecule has 0 spiro atoms. The Morgan fingerprint density at radius 3 is 2.32 bits per heavy atom. The van der Waals surface area contributed by atoms with Gasteiger partial charge in [0.2, 0.25) is 0 Å². The number of aliphatic imine (C=N–C) groups is 1. The summed E-state index contributed by atoms with van der Waals surface area (Å²) in [5, 5.41) is 0. The second-order valence-corrected chi connectivity index (χ2v) is 4.24. The number of carbonyl (C=O) groups is 1. The average Bonchev–Trinajstić information content (AvgIpc) is 2.54. The van der Waals surface area contributed by atoms with Gasteiger partial charge in [-0.1, -0.05) is 30.3 Å². The van der Waals surface area contributed by atoms with E-state index >= 15 is 0 Å². The standard InChI is InChI=1S/C16H16N2O3.ClH/c1-20-14-9-8-12(16(19)21-2)10-13(14)18-15(17)11-6-4-3-5-7-11;/h3-10H,1-2H3,(H2,17,18);1H. The maximum atomic E-state index is 11.6. The molecule has 0 saturated heterocycles. The van der Waals surface area contributed by atoms with Crippen molar-refractivity contribution >= 4 is 29.9 Å². The van der Waals surface area contributed by atoms with E-state index in [0.29, 0.717) is 22.8 Å². The normalized spacial score (nSPS) is 10.5. The van der Waals surface area contributed by atoms with Crippen LogP contribution in [0.25, 0.3) is 0 Å². The Balaban J connectivity index is 0.00000242. The summed E-state index contributed by atoms with van der Waals surface area (Å²) in [6.45, 7) is 0. The van der Waals surface area contributed by atoms with Gasteiger partial charge < -0.3 is 15.2 Å². The van der Waals surface area contributed by atoms with Crippen LogP contribution in [0.4, 0.5) is 5.69 Å². The van der Waals surface area contributed by atoms with Gasteiger partial charge in [-0.05, 0) is 18.2 Å². The lowest BCUT2D eigenvalue weighted by atomic mass is 10.1. The minimum absolute atomic E-state index is 0. The summed E-state index contributed by atoms with van der Waals surface area (Å²) in [6.07, 6.45) is 0. The molecule has 2 aromatic carbocycles. The van der Waals surface area contributed by atoms with Crippen LogP contribution in [0.2, 0.25) is 0 Å². The third-order valence-electron chi connectivity index (χ3n) is 2.91. The molecule has 0 aliphatic heterocycles. The summed E-state index contributed by atoms with van der Waals surface area (Å²) < 4.78 is 9.93. The number of ether oxygens (including phenoxy) is 2. The number of nitrogens with two attached hydrogens (primary N) is 1. The average molecular weight is 321 g/mol. The van der Waals surface area contributed by atoms with Gasteiger partial charge in [-0.25, -0.2) is 9.79 Å². The Bertz CT molecular complexity index is 672. The molecule has 0 atom stereocenters. The highest BCUT2D eigenvalue weighted by atomic mass is 35.5. The Hall–Kier alpha value is -2.53. The van der Waals surface area contributed by atoms with Crippen LogP contribution in [-0.2, 0) is 4.74 Å². The van der Waals surface area contributed by atoms with E-state index < -0.39 is 5.97 Å². The highest BCUT2D eigenvalue weighted by Crippen LogP contribution is 2.29. The van der Waals surface area contributed by atoms with Gasteiger partial charge in [-0.2, -0.15) is 0 Å². The van der Waals surface area contributed by atoms with Crippen molar-refractivity contribution in [3.8, 4) is 5.75 Å². The quantitative estimate of drug-likeness (QED) is 0.534. The van der Waals surface area contributed by atoms with Crippen molar-refractivity contribution in [2.45, 2.75) is 0 Å². The smallest absolute Gasteiger partial charge is 0.337 e. The number of carbonyl (C=O) groups excluding carboxylic acids is 1. The van der Waals surface area contributed by atoms with Crippen molar-refractivity contribution in [3.63, 3.8) is 0 Å². The van der Waals surface area contributed by atoms with Crippen LogP contribution < -0.4 is 10.5 Å². The van der Waals surface area contributed by atoms with Gasteiger partial charge in [0.25, 0.3) is 0 Å². The number of benzene rings is 2. The van der Waals surface area contributed by atoms with E-state index in [4.69, 9.17) is 15.2 Å². The monoisotopic (exact) mass is 320 g/mol. The van der Waals surface area contributed by atoms with Crippen LogP contribution in [0.1, 0.15) is 15.9 Å². The topological polar surface area (TPSA) is 73.9 Å². The number of rotatable bonds is 4. The summed E-state index contributed by atoms with van der Waals surface area (Å²) in [7, 11) is 2.86. The predicted molar refractivity (Wildman–Crippen MR) is 88.4 cm³/mol. The van der Waals surface area contributed by atoms with E-state index in [1.54, 1.807) is 18.2 Å². The molecule has 22 heavy (non-hydrogen) atoms. The first-order valence-corrected chi connectivity index (χ1v) is 6.31. The predicted octanol–water partition coefficient (Wildman–Crippen LogP) is 2.94. The summed E-state index contributed by atoms with van der Waals surface area (Å²) in [6, 6.07) is 14.2. The molecular weight excluding hydrogens is 304 g/mol. The molecule has 2 aromatic rings. The number of nitrogens with zero attached hydrogens (tertiary/aromatic N) is 1. The fourth-order valence-electron chi connectivity index (χ4n) is 1.83. The molecule has 0 saturated carbocycles. The lowest BCUT2D eigenvalue weighted by Gasteiger charge is -2.08. The second kappa shape index (κ2) is 8.05. The third-order valence-corrected chi connectivity index (χ3v) is 2.91. The number of halogens is 1. The second-order valence-electron chi connectivity index (χ2n) is 4.24. The molecule has 0 radical (unpaired) electrons. The molecule has 116 valence electrons. The largest absolute Gasteiger partial charge is 0.494 e. The zero-order chi connectivity index (χ0) is 15.2. The SMILES string of the molecule is COC(=O)c1ccc(OC)c(N=C(N)c2ccccc2)c1.Cl. The van der Waals surface area contributed by atoms with E-state index in [0.717, 1.165) is 5.56 Å². The molecule has 0 unspecified atom stereocenters. The fraction of sp³-hybridized carbons (Fsp3) is 0.125. The number of methoxy groups -OCH3 is 2. The molecule has 2 rings (SSSR count). The Morgan fingerprint density at radius 1 is 1.05 bits per heavy atom. The van der Waals surface area contributed by atoms with Crippen LogP contribution in [0.3, 0.4) is 0 Å². The number of amidine groups is 1. The Morgan fingerprint density at radius 2 is 1.73 bits per heavy atom. The Kier molecular flexibility index (Phi) is 6.41. The van der Waals surface area contributed by atoms with Crippen LogP contribution in [0.15, 0.2) is 53.5 Å². The van der Waals surface area contributed by atoms with Crippen LogP contribution in [0, 0.1) is 0 Å². The van der Waals surface area contributed by atoms with E-state index in [9.17, 15) is 4.79 Å². The van der Waals surface area contributed by atoms with Crippen molar-refractivity contribution in [1.29, 1.82) is 0 Å². The highest BCUT2D eigenvalue weighted by Gasteiger charge is 2.10. The molecule has 0 fully saturated rings. The molecule has 2 N–H and O–H groups in total. The van der Waals surface area contributed by atoms with E-state index in [-0.39, 0.29) is 12.4 Å². The first-order valence-electron chi connectivity index (χ1n) is 6.31. The van der Waals surface area contributed by atoms with Gasteiger partial charge in [0.05, 0.1) is 19.8 Å². The molecule has 0 aromatic heterocycles. The number of hydrogen-bond donors (Lipinski definition) is 1. The van der Waals surface area contributed by atoms with Crippen molar-refractivity contribution in [3.05, 3.63) is 59.7 Å². The van der Waals surface area contributed by atoms with Gasteiger partial charge in [-0.3, -0.25) is 0 Å². The van der Waals surface area contributed by atoms with Gasteiger partial charge in [0, 0.05) is 5.56 Å². The molecule has 0 bridgehead atoms.